The zero-order valence-corrected chi connectivity index (χ0v) is 12.1. The molecule has 0 aliphatic heterocycles. The van der Waals surface area contributed by atoms with Gasteiger partial charge >= 0.3 is 0 Å². The van der Waals surface area contributed by atoms with Crippen LogP contribution in [0.4, 0.5) is 0 Å². The molecule has 106 valence electrons. The van der Waals surface area contributed by atoms with Gasteiger partial charge in [0, 0.05) is 5.56 Å². The summed E-state index contributed by atoms with van der Waals surface area (Å²) in [4.78, 5) is 0. The molecule has 3 aromatic rings. The van der Waals surface area contributed by atoms with Crippen LogP contribution in [-0.4, -0.2) is 5.11 Å². The Morgan fingerprint density at radius 1 is 0.636 bits per heavy atom. The van der Waals surface area contributed by atoms with E-state index in [1.807, 2.05) is 60.7 Å². The van der Waals surface area contributed by atoms with Crippen molar-refractivity contribution in [2.75, 3.05) is 0 Å². The van der Waals surface area contributed by atoms with Crippen molar-refractivity contribution >= 4 is 0 Å². The topological polar surface area (TPSA) is 20.2 Å². The van der Waals surface area contributed by atoms with Crippen molar-refractivity contribution in [2.45, 2.75) is 5.92 Å². The number of hydrogen-bond donors (Lipinski definition) is 1. The van der Waals surface area contributed by atoms with Crippen molar-refractivity contribution in [3.8, 4) is 17.6 Å². The van der Waals surface area contributed by atoms with E-state index in [0.717, 1.165) is 16.7 Å². The molecule has 0 radical (unpaired) electrons. The Morgan fingerprint density at radius 3 is 1.82 bits per heavy atom. The first-order valence-corrected chi connectivity index (χ1v) is 7.23. The third-order valence-electron chi connectivity index (χ3n) is 3.49. The zero-order chi connectivity index (χ0) is 15.2. The van der Waals surface area contributed by atoms with Crippen LogP contribution in [-0.2, 0) is 0 Å². The van der Waals surface area contributed by atoms with Gasteiger partial charge in [0.2, 0.25) is 0 Å². The third kappa shape index (κ3) is 3.37. The minimum Gasteiger partial charge on any atom is -0.508 e. The lowest BCUT2D eigenvalue weighted by atomic mass is 9.91. The molecule has 0 aliphatic rings. The van der Waals surface area contributed by atoms with Crippen molar-refractivity contribution in [3.05, 3.63) is 102 Å². The Hall–Kier alpha value is -2.98. The molecule has 0 bridgehead atoms. The maximum Gasteiger partial charge on any atom is 0.115 e. The fourth-order valence-electron chi connectivity index (χ4n) is 2.35. The lowest BCUT2D eigenvalue weighted by Gasteiger charge is -2.11. The SMILES string of the molecule is Oc1ccc(C(C#Cc2ccccc2)c2ccccc2)cc1. The van der Waals surface area contributed by atoms with Crippen LogP contribution in [0, 0.1) is 11.8 Å². The van der Waals surface area contributed by atoms with Gasteiger partial charge in [0.1, 0.15) is 5.75 Å². The van der Waals surface area contributed by atoms with Crippen molar-refractivity contribution in [1.82, 2.24) is 0 Å². The summed E-state index contributed by atoms with van der Waals surface area (Å²) in [5.74, 6) is 6.86. The van der Waals surface area contributed by atoms with Gasteiger partial charge < -0.3 is 5.11 Å². The van der Waals surface area contributed by atoms with Gasteiger partial charge in [-0.1, -0.05) is 72.5 Å². The van der Waals surface area contributed by atoms with E-state index in [0.29, 0.717) is 0 Å². The van der Waals surface area contributed by atoms with Crippen LogP contribution in [0.2, 0.25) is 0 Å². The number of hydrogen-bond acceptors (Lipinski definition) is 1. The Bertz CT molecular complexity index is 778. The predicted molar refractivity (Wildman–Crippen MR) is 89.7 cm³/mol. The van der Waals surface area contributed by atoms with Crippen molar-refractivity contribution in [2.24, 2.45) is 0 Å². The first-order valence-electron chi connectivity index (χ1n) is 7.23. The van der Waals surface area contributed by atoms with Crippen LogP contribution in [0.3, 0.4) is 0 Å². The number of benzene rings is 3. The molecule has 1 atom stereocenters. The van der Waals surface area contributed by atoms with Crippen LogP contribution >= 0.6 is 0 Å². The van der Waals surface area contributed by atoms with Gasteiger partial charge in [-0.3, -0.25) is 0 Å². The van der Waals surface area contributed by atoms with Gasteiger partial charge in [0.05, 0.1) is 5.92 Å². The Morgan fingerprint density at radius 2 is 1.18 bits per heavy atom. The second-order valence-corrected chi connectivity index (χ2v) is 5.07. The van der Waals surface area contributed by atoms with E-state index in [9.17, 15) is 5.11 Å². The lowest BCUT2D eigenvalue weighted by molar-refractivity contribution is 0.475. The molecule has 0 heterocycles. The first kappa shape index (κ1) is 14.0. The molecule has 3 aromatic carbocycles. The monoisotopic (exact) mass is 284 g/mol. The van der Waals surface area contributed by atoms with Crippen LogP contribution in [0.15, 0.2) is 84.9 Å². The standard InChI is InChI=1S/C21H16O/c22-20-14-12-19(13-15-20)21(18-9-5-2-6-10-18)16-11-17-7-3-1-4-8-17/h1-10,12-15,21-22H. The van der Waals surface area contributed by atoms with E-state index in [4.69, 9.17) is 0 Å². The van der Waals surface area contributed by atoms with Gasteiger partial charge in [0.25, 0.3) is 0 Å². The minimum absolute atomic E-state index is 0.0120. The Labute approximate surface area is 130 Å². The lowest BCUT2D eigenvalue weighted by Crippen LogP contribution is -1.98. The van der Waals surface area contributed by atoms with Crippen LogP contribution in [0.1, 0.15) is 22.6 Å². The van der Waals surface area contributed by atoms with Crippen molar-refractivity contribution in [1.29, 1.82) is 0 Å². The summed E-state index contributed by atoms with van der Waals surface area (Å²) in [5, 5.41) is 9.48. The highest BCUT2D eigenvalue weighted by Gasteiger charge is 2.10. The summed E-state index contributed by atoms with van der Waals surface area (Å²) < 4.78 is 0. The highest BCUT2D eigenvalue weighted by atomic mass is 16.3. The second kappa shape index (κ2) is 6.65. The summed E-state index contributed by atoms with van der Waals surface area (Å²) in [6, 6.07) is 27.4. The average Bonchev–Trinajstić information content (AvgIpc) is 2.58. The molecule has 1 N–H and O–H groups in total. The number of phenolic OH excluding ortho intramolecular Hbond substituents is 1. The fraction of sp³-hybridized carbons (Fsp3) is 0.0476. The minimum atomic E-state index is -0.0120. The van der Waals surface area contributed by atoms with E-state index < -0.39 is 0 Å². The molecule has 0 spiro atoms. The van der Waals surface area contributed by atoms with Crippen molar-refractivity contribution in [3.63, 3.8) is 0 Å². The highest BCUT2D eigenvalue weighted by molar-refractivity contribution is 5.45. The number of phenols is 1. The summed E-state index contributed by atoms with van der Waals surface area (Å²) in [7, 11) is 0. The predicted octanol–water partition coefficient (Wildman–Crippen LogP) is 4.58. The van der Waals surface area contributed by atoms with E-state index in [1.54, 1.807) is 12.1 Å². The Kier molecular flexibility index (Phi) is 4.22. The van der Waals surface area contributed by atoms with Gasteiger partial charge in [0.15, 0.2) is 0 Å². The van der Waals surface area contributed by atoms with E-state index in [1.165, 1.54) is 0 Å². The third-order valence-corrected chi connectivity index (χ3v) is 3.49. The normalized spacial score (nSPS) is 11.3. The summed E-state index contributed by atoms with van der Waals surface area (Å²) in [5.41, 5.74) is 3.23. The van der Waals surface area contributed by atoms with E-state index >= 15 is 0 Å². The average molecular weight is 284 g/mol. The maximum atomic E-state index is 9.48. The molecule has 1 unspecified atom stereocenters. The molecule has 0 aliphatic carbocycles. The number of rotatable bonds is 2. The first-order chi connectivity index (χ1) is 10.8. The van der Waals surface area contributed by atoms with Gasteiger partial charge in [-0.15, -0.1) is 0 Å². The molecule has 1 nitrogen and oxygen atoms in total. The summed E-state index contributed by atoms with van der Waals surface area (Å²) in [6.45, 7) is 0. The molecule has 0 saturated carbocycles. The summed E-state index contributed by atoms with van der Waals surface area (Å²) >= 11 is 0. The van der Waals surface area contributed by atoms with Gasteiger partial charge in [-0.2, -0.15) is 0 Å². The largest absolute Gasteiger partial charge is 0.508 e. The molecule has 0 amide bonds. The number of aromatic hydroxyl groups is 1. The van der Waals surface area contributed by atoms with E-state index in [-0.39, 0.29) is 11.7 Å². The van der Waals surface area contributed by atoms with Crippen LogP contribution < -0.4 is 0 Å². The molecule has 0 saturated heterocycles. The molecule has 22 heavy (non-hydrogen) atoms. The Balaban J connectivity index is 2.01. The zero-order valence-electron chi connectivity index (χ0n) is 12.1. The van der Waals surface area contributed by atoms with Gasteiger partial charge in [-0.05, 0) is 35.4 Å². The van der Waals surface area contributed by atoms with E-state index in [2.05, 4.69) is 24.0 Å². The molecular formula is C21H16O. The maximum absolute atomic E-state index is 9.48. The molecular weight excluding hydrogens is 268 g/mol. The van der Waals surface area contributed by atoms with Gasteiger partial charge in [-0.25, -0.2) is 0 Å². The second-order valence-electron chi connectivity index (χ2n) is 5.07. The molecule has 1 heteroatoms. The molecule has 0 fully saturated rings. The molecule has 0 aromatic heterocycles. The quantitative estimate of drug-likeness (QED) is 0.683. The smallest absolute Gasteiger partial charge is 0.115 e. The van der Waals surface area contributed by atoms with Crippen LogP contribution in [0.25, 0.3) is 0 Å². The molecule has 3 rings (SSSR count). The van der Waals surface area contributed by atoms with Crippen LogP contribution in [0.5, 0.6) is 5.75 Å². The van der Waals surface area contributed by atoms with Crippen molar-refractivity contribution < 1.29 is 5.11 Å². The fourth-order valence-corrected chi connectivity index (χ4v) is 2.35. The highest BCUT2D eigenvalue weighted by Crippen LogP contribution is 2.25. The summed E-state index contributed by atoms with van der Waals surface area (Å²) in [6.07, 6.45) is 0.